The minimum atomic E-state index is -0.291. The number of amides is 1. The highest BCUT2D eigenvalue weighted by Crippen LogP contribution is 2.47. The summed E-state index contributed by atoms with van der Waals surface area (Å²) in [6.45, 7) is 3.55. The van der Waals surface area contributed by atoms with E-state index in [4.69, 9.17) is 14.2 Å². The van der Waals surface area contributed by atoms with Gasteiger partial charge in [0.1, 0.15) is 6.10 Å². The van der Waals surface area contributed by atoms with Crippen LogP contribution in [0.15, 0.2) is 4.79 Å². The van der Waals surface area contributed by atoms with Gasteiger partial charge in [-0.1, -0.05) is 13.3 Å². The maximum atomic E-state index is 13.1. The normalized spacial score (nSPS) is 26.8. The second-order valence-electron chi connectivity index (χ2n) is 6.57. The zero-order chi connectivity index (χ0) is 17.7. The van der Waals surface area contributed by atoms with Gasteiger partial charge in [0, 0.05) is 20.1 Å². The van der Waals surface area contributed by atoms with Crippen LogP contribution in [0.3, 0.4) is 0 Å². The number of hydrogen-bond donors (Lipinski definition) is 0. The molecule has 0 aromatic carbocycles. The smallest absolute Gasteiger partial charge is 0.276 e. The fraction of sp³-hybridized carbons (Fsp3) is 0.647. The van der Waals surface area contributed by atoms with Crippen molar-refractivity contribution in [3.05, 3.63) is 25.2 Å². The molecule has 0 aliphatic carbocycles. The van der Waals surface area contributed by atoms with Gasteiger partial charge in [-0.15, -0.1) is 0 Å². The standard InChI is InChI=1S/C17H21IN2O5/c1-3-4-6-24-15-13-16(22)19-5-7-25-17(19)9-8-10(23-2)12(20(9)13)11(18)14(15)21/h9-10,17H,3-8H2,1-2H3. The van der Waals surface area contributed by atoms with Gasteiger partial charge in [-0.05, 0) is 29.0 Å². The molecule has 1 aromatic heterocycles. The molecule has 7 nitrogen and oxygen atoms in total. The van der Waals surface area contributed by atoms with Crippen LogP contribution in [-0.4, -0.2) is 48.5 Å². The van der Waals surface area contributed by atoms with Crippen LogP contribution in [0.4, 0.5) is 0 Å². The van der Waals surface area contributed by atoms with Crippen molar-refractivity contribution in [2.45, 2.75) is 44.6 Å². The first-order valence-electron chi connectivity index (χ1n) is 8.66. The number of halogens is 1. The Labute approximate surface area is 159 Å². The molecule has 8 heteroatoms. The van der Waals surface area contributed by atoms with Gasteiger partial charge in [-0.3, -0.25) is 9.59 Å². The summed E-state index contributed by atoms with van der Waals surface area (Å²) in [5.41, 5.74) is 0.926. The van der Waals surface area contributed by atoms with E-state index in [0.717, 1.165) is 18.5 Å². The predicted molar refractivity (Wildman–Crippen MR) is 98.0 cm³/mol. The fourth-order valence-corrected chi connectivity index (χ4v) is 4.85. The van der Waals surface area contributed by atoms with Crippen LogP contribution >= 0.6 is 22.6 Å². The number of pyridine rings is 1. The molecule has 4 heterocycles. The SMILES string of the molecule is CCCCOc1c2n3c(c(I)c1=O)C(OC)CC3C1OCCN1C2=O. The van der Waals surface area contributed by atoms with E-state index < -0.39 is 0 Å². The average Bonchev–Trinajstić information content (AvgIpc) is 3.23. The topological polar surface area (TPSA) is 70.0 Å². The third-order valence-electron chi connectivity index (χ3n) is 5.19. The van der Waals surface area contributed by atoms with E-state index >= 15 is 0 Å². The molecule has 4 rings (SSSR count). The van der Waals surface area contributed by atoms with Crippen LogP contribution in [0.5, 0.6) is 5.75 Å². The molecular formula is C17H21IN2O5. The van der Waals surface area contributed by atoms with E-state index in [1.807, 2.05) is 4.57 Å². The van der Waals surface area contributed by atoms with Crippen molar-refractivity contribution in [2.75, 3.05) is 26.9 Å². The molecule has 1 saturated heterocycles. The number of carbonyl (C=O) groups excluding carboxylic acids is 1. The summed E-state index contributed by atoms with van der Waals surface area (Å²) in [6, 6.07) is -0.0437. The molecule has 3 aliphatic heterocycles. The third-order valence-corrected chi connectivity index (χ3v) is 6.23. The Kier molecular flexibility index (Phi) is 4.53. The van der Waals surface area contributed by atoms with Crippen LogP contribution in [-0.2, 0) is 9.47 Å². The Balaban J connectivity index is 1.92. The number of methoxy groups -OCH3 is 1. The molecular weight excluding hydrogens is 439 g/mol. The van der Waals surface area contributed by atoms with Crippen molar-refractivity contribution in [1.29, 1.82) is 0 Å². The monoisotopic (exact) mass is 460 g/mol. The maximum absolute atomic E-state index is 13.1. The van der Waals surface area contributed by atoms with E-state index in [1.165, 1.54) is 0 Å². The molecule has 0 radical (unpaired) electrons. The molecule has 1 fully saturated rings. The third kappa shape index (κ3) is 2.44. The van der Waals surface area contributed by atoms with E-state index in [0.29, 0.717) is 35.4 Å². The van der Waals surface area contributed by atoms with Gasteiger partial charge >= 0.3 is 0 Å². The van der Waals surface area contributed by atoms with Crippen molar-refractivity contribution >= 4 is 28.5 Å². The molecule has 0 saturated carbocycles. The second-order valence-corrected chi connectivity index (χ2v) is 7.64. The summed E-state index contributed by atoms with van der Waals surface area (Å²) in [6.07, 6.45) is 1.98. The summed E-state index contributed by atoms with van der Waals surface area (Å²) in [7, 11) is 1.64. The number of nitrogens with zero attached hydrogens (tertiary/aromatic N) is 2. The van der Waals surface area contributed by atoms with Crippen LogP contribution in [0.25, 0.3) is 0 Å². The van der Waals surface area contributed by atoms with Gasteiger partial charge < -0.3 is 23.7 Å². The molecule has 3 aliphatic rings. The van der Waals surface area contributed by atoms with Crippen LogP contribution in [0, 0.1) is 3.57 Å². The quantitative estimate of drug-likeness (QED) is 0.497. The van der Waals surface area contributed by atoms with Gasteiger partial charge in [0.2, 0.25) is 5.43 Å². The second kappa shape index (κ2) is 6.55. The number of carbonyl (C=O) groups is 1. The van der Waals surface area contributed by atoms with Crippen molar-refractivity contribution in [1.82, 2.24) is 9.47 Å². The van der Waals surface area contributed by atoms with Crippen LogP contribution in [0.2, 0.25) is 0 Å². The molecule has 136 valence electrons. The summed E-state index contributed by atoms with van der Waals surface area (Å²) < 4.78 is 19.8. The number of hydrogen-bond acceptors (Lipinski definition) is 5. The van der Waals surface area contributed by atoms with Crippen LogP contribution < -0.4 is 10.2 Å². The lowest BCUT2D eigenvalue weighted by atomic mass is 10.1. The molecule has 1 aromatic rings. The van der Waals surface area contributed by atoms with Crippen molar-refractivity contribution < 1.29 is 19.0 Å². The van der Waals surface area contributed by atoms with Gasteiger partial charge in [-0.25, -0.2) is 0 Å². The van der Waals surface area contributed by atoms with Crippen molar-refractivity contribution in [2.24, 2.45) is 0 Å². The number of rotatable bonds is 5. The van der Waals surface area contributed by atoms with Gasteiger partial charge in [-0.2, -0.15) is 0 Å². The maximum Gasteiger partial charge on any atom is 0.276 e. The predicted octanol–water partition coefficient (Wildman–Crippen LogP) is 2.08. The minimum absolute atomic E-state index is 0.0437. The highest BCUT2D eigenvalue weighted by molar-refractivity contribution is 14.1. The molecule has 0 bridgehead atoms. The molecule has 3 unspecified atom stereocenters. The average molecular weight is 460 g/mol. The summed E-state index contributed by atoms with van der Waals surface area (Å²) in [4.78, 5) is 27.8. The molecule has 25 heavy (non-hydrogen) atoms. The van der Waals surface area contributed by atoms with E-state index in [1.54, 1.807) is 12.0 Å². The van der Waals surface area contributed by atoms with Gasteiger partial charge in [0.05, 0.1) is 28.5 Å². The zero-order valence-electron chi connectivity index (χ0n) is 14.3. The number of aromatic nitrogens is 1. The zero-order valence-corrected chi connectivity index (χ0v) is 16.4. The Morgan fingerprint density at radius 1 is 1.36 bits per heavy atom. The highest BCUT2D eigenvalue weighted by atomic mass is 127. The Bertz CT molecular complexity index is 777. The van der Waals surface area contributed by atoms with E-state index in [2.05, 4.69) is 29.5 Å². The molecule has 0 spiro atoms. The lowest BCUT2D eigenvalue weighted by Gasteiger charge is -2.36. The lowest BCUT2D eigenvalue weighted by molar-refractivity contribution is -0.0190. The van der Waals surface area contributed by atoms with Crippen molar-refractivity contribution in [3.8, 4) is 5.75 Å². The number of unbranched alkanes of at least 4 members (excludes halogenated alkanes) is 1. The Hall–Kier alpha value is -1.13. The molecule has 3 atom stereocenters. The van der Waals surface area contributed by atoms with Crippen LogP contribution in [0.1, 0.15) is 54.5 Å². The van der Waals surface area contributed by atoms with Gasteiger partial charge in [0.25, 0.3) is 5.91 Å². The lowest BCUT2D eigenvalue weighted by Crippen LogP contribution is -2.48. The number of ether oxygens (including phenoxy) is 3. The highest BCUT2D eigenvalue weighted by Gasteiger charge is 2.51. The first-order chi connectivity index (χ1) is 12.1. The fourth-order valence-electron chi connectivity index (χ4n) is 4.00. The van der Waals surface area contributed by atoms with E-state index in [-0.39, 0.29) is 35.5 Å². The minimum Gasteiger partial charge on any atom is -0.487 e. The first kappa shape index (κ1) is 17.3. The van der Waals surface area contributed by atoms with Gasteiger partial charge in [0.15, 0.2) is 17.7 Å². The Morgan fingerprint density at radius 2 is 2.16 bits per heavy atom. The number of fused-ring (bicyclic) bond motifs is 2. The Morgan fingerprint density at radius 3 is 2.88 bits per heavy atom. The summed E-state index contributed by atoms with van der Waals surface area (Å²) >= 11 is 2.05. The molecule has 1 amide bonds. The molecule has 0 N–H and O–H groups in total. The largest absolute Gasteiger partial charge is 0.487 e. The summed E-state index contributed by atoms with van der Waals surface area (Å²) in [5, 5.41) is 0. The first-order valence-corrected chi connectivity index (χ1v) is 9.74. The van der Waals surface area contributed by atoms with E-state index in [9.17, 15) is 9.59 Å². The summed E-state index contributed by atoms with van der Waals surface area (Å²) in [5.74, 6) is -0.00421. The van der Waals surface area contributed by atoms with Crippen molar-refractivity contribution in [3.63, 3.8) is 0 Å².